The molecule has 1 aromatic rings. The van der Waals surface area contributed by atoms with E-state index in [0.29, 0.717) is 12.1 Å². The molecule has 2 aliphatic rings. The van der Waals surface area contributed by atoms with Crippen LogP contribution in [-0.4, -0.2) is 31.6 Å². The minimum absolute atomic E-state index is 0.192. The van der Waals surface area contributed by atoms with Gasteiger partial charge in [0.25, 0.3) is 0 Å². The van der Waals surface area contributed by atoms with Crippen molar-refractivity contribution in [2.45, 2.75) is 53.8 Å². The molecule has 0 spiro atoms. The fraction of sp³-hybridized carbons (Fsp3) is 0.571. The highest BCUT2D eigenvalue weighted by Gasteiger charge is 2.40. The minimum atomic E-state index is -4.52. The lowest BCUT2D eigenvalue weighted by molar-refractivity contribution is 0.234. The van der Waals surface area contributed by atoms with E-state index in [9.17, 15) is 17.2 Å². The number of hydrogen-bond donors (Lipinski definition) is 0. The van der Waals surface area contributed by atoms with Crippen molar-refractivity contribution < 1.29 is 17.2 Å². The maximum Gasteiger partial charge on any atom is 0.341 e. The van der Waals surface area contributed by atoms with Gasteiger partial charge in [-0.05, 0) is 49.9 Å². The summed E-state index contributed by atoms with van der Waals surface area (Å²) in [6, 6.07) is 6.50. The summed E-state index contributed by atoms with van der Waals surface area (Å²) in [6.45, 7) is 0. The lowest BCUT2D eigenvalue weighted by Gasteiger charge is -2.38. The van der Waals surface area contributed by atoms with Crippen LogP contribution < -0.4 is 4.90 Å². The summed E-state index contributed by atoms with van der Waals surface area (Å²) in [5, 5.41) is 0.192. The number of halogens is 3. The van der Waals surface area contributed by atoms with Crippen molar-refractivity contribution >= 4 is 27.1 Å². The molecule has 0 saturated carbocycles. The Bertz CT molecular complexity index is 606. The molecule has 0 aliphatic carbocycles. The highest BCUT2D eigenvalue weighted by Crippen LogP contribution is 2.41. The molecule has 2 bridgehead atoms. The van der Waals surface area contributed by atoms with E-state index in [0.717, 1.165) is 31.4 Å². The zero-order valence-electron chi connectivity index (χ0n) is 11.3. The average molecular weight is 336 g/mol. The number of alkyl halides is 3. The molecule has 7 heteroatoms. The maximum atomic E-state index is 12.5. The van der Waals surface area contributed by atoms with E-state index in [1.807, 2.05) is 0 Å². The third-order valence-electron chi connectivity index (χ3n) is 4.37. The molecule has 2 heterocycles. The monoisotopic (exact) mass is 335 g/mol. The molecule has 116 valence electrons. The van der Waals surface area contributed by atoms with Gasteiger partial charge in [-0.2, -0.15) is 8.78 Å². The Morgan fingerprint density at radius 1 is 1.10 bits per heavy atom. The first-order valence-corrected chi connectivity index (χ1v) is 8.92. The van der Waals surface area contributed by atoms with E-state index >= 15 is 0 Å². The molecule has 2 fully saturated rings. The summed E-state index contributed by atoms with van der Waals surface area (Å²) in [5.41, 5.74) is 0.888. The van der Waals surface area contributed by atoms with Gasteiger partial charge in [-0.15, -0.1) is 11.6 Å². The Morgan fingerprint density at radius 2 is 1.62 bits per heavy atom. The van der Waals surface area contributed by atoms with Crippen molar-refractivity contribution in [3.8, 4) is 0 Å². The van der Waals surface area contributed by atoms with Crippen molar-refractivity contribution in [2.75, 3.05) is 4.90 Å². The molecule has 3 nitrogen and oxygen atoms in total. The number of anilines is 1. The Labute approximate surface area is 127 Å². The van der Waals surface area contributed by atoms with Gasteiger partial charge in [0.1, 0.15) is 0 Å². The van der Waals surface area contributed by atoms with Crippen LogP contribution in [0.2, 0.25) is 0 Å². The Hall–Kier alpha value is -0.880. The van der Waals surface area contributed by atoms with Gasteiger partial charge in [-0.3, -0.25) is 0 Å². The molecule has 0 N–H and O–H groups in total. The van der Waals surface area contributed by atoms with Gasteiger partial charge in [0.15, 0.2) is 0 Å². The Morgan fingerprint density at radius 3 is 2.10 bits per heavy atom. The van der Waals surface area contributed by atoms with Crippen LogP contribution in [0.5, 0.6) is 0 Å². The zero-order chi connectivity index (χ0) is 15.2. The van der Waals surface area contributed by atoms with Crippen LogP contribution in [0.4, 0.5) is 14.5 Å². The first-order valence-electron chi connectivity index (χ1n) is 6.94. The molecule has 1 aromatic carbocycles. The van der Waals surface area contributed by atoms with Crippen LogP contribution in [-0.2, 0) is 9.84 Å². The van der Waals surface area contributed by atoms with Crippen LogP contribution in [0.25, 0.3) is 0 Å². The number of fused-ring (bicyclic) bond motifs is 2. The Balaban J connectivity index is 1.86. The van der Waals surface area contributed by atoms with Crippen molar-refractivity contribution in [1.29, 1.82) is 0 Å². The van der Waals surface area contributed by atoms with Gasteiger partial charge in [0.05, 0.1) is 4.90 Å². The summed E-state index contributed by atoms with van der Waals surface area (Å²) in [7, 11) is -4.52. The molecule has 21 heavy (non-hydrogen) atoms. The molecule has 0 radical (unpaired) electrons. The van der Waals surface area contributed by atoms with Crippen molar-refractivity contribution in [2.24, 2.45) is 0 Å². The molecule has 2 unspecified atom stereocenters. The lowest BCUT2D eigenvalue weighted by Crippen LogP contribution is -2.43. The SMILES string of the molecule is O=S(=O)(c1ccc(N2C3CCC2CC(Cl)C3)cc1)C(F)F. The van der Waals surface area contributed by atoms with E-state index in [4.69, 9.17) is 11.6 Å². The molecule has 2 aliphatic heterocycles. The van der Waals surface area contributed by atoms with Gasteiger partial charge in [0, 0.05) is 23.1 Å². The van der Waals surface area contributed by atoms with Gasteiger partial charge in [-0.25, -0.2) is 8.42 Å². The smallest absolute Gasteiger partial charge is 0.341 e. The van der Waals surface area contributed by atoms with E-state index in [2.05, 4.69) is 4.90 Å². The first kappa shape index (κ1) is 15.0. The van der Waals surface area contributed by atoms with E-state index < -0.39 is 15.6 Å². The fourth-order valence-corrected chi connectivity index (χ4v) is 4.58. The molecule has 0 amide bonds. The average Bonchev–Trinajstić information content (AvgIpc) is 2.71. The normalized spacial score (nSPS) is 29.1. The number of rotatable bonds is 3. The number of hydrogen-bond acceptors (Lipinski definition) is 3. The van der Waals surface area contributed by atoms with E-state index in [1.54, 1.807) is 12.1 Å². The van der Waals surface area contributed by atoms with Crippen LogP contribution in [0.15, 0.2) is 29.2 Å². The number of sulfone groups is 1. The zero-order valence-corrected chi connectivity index (χ0v) is 12.8. The quantitative estimate of drug-likeness (QED) is 0.794. The van der Waals surface area contributed by atoms with Crippen LogP contribution in [0.3, 0.4) is 0 Å². The summed E-state index contributed by atoms with van der Waals surface area (Å²) in [6.07, 6.45) is 3.97. The molecule has 3 rings (SSSR count). The van der Waals surface area contributed by atoms with Crippen LogP contribution in [0, 0.1) is 0 Å². The van der Waals surface area contributed by atoms with Crippen LogP contribution >= 0.6 is 11.6 Å². The second-order valence-electron chi connectivity index (χ2n) is 5.66. The van der Waals surface area contributed by atoms with E-state index in [1.165, 1.54) is 12.1 Å². The predicted molar refractivity (Wildman–Crippen MR) is 77.8 cm³/mol. The third kappa shape index (κ3) is 2.63. The standard InChI is InChI=1S/C14H16ClF2NO2S/c15-9-7-11-1-2-12(8-9)18(11)10-3-5-13(6-4-10)21(19,20)14(16)17/h3-6,9,11-12,14H,1-2,7-8H2. The van der Waals surface area contributed by atoms with Crippen molar-refractivity contribution in [3.05, 3.63) is 24.3 Å². The summed E-state index contributed by atoms with van der Waals surface area (Å²) in [4.78, 5) is 1.93. The van der Waals surface area contributed by atoms with Gasteiger partial charge in [0.2, 0.25) is 9.84 Å². The Kier molecular flexibility index (Phi) is 3.86. The number of benzene rings is 1. The second-order valence-corrected chi connectivity index (χ2v) is 8.20. The fourth-order valence-electron chi connectivity index (χ4n) is 3.44. The molecular weight excluding hydrogens is 320 g/mol. The summed E-state index contributed by atoms with van der Waals surface area (Å²) in [5.74, 6) is -3.38. The van der Waals surface area contributed by atoms with Gasteiger partial charge in [-0.1, -0.05) is 0 Å². The molecule has 2 saturated heterocycles. The topological polar surface area (TPSA) is 37.4 Å². The predicted octanol–water partition coefficient (Wildman–Crippen LogP) is 3.42. The van der Waals surface area contributed by atoms with Gasteiger partial charge >= 0.3 is 5.76 Å². The first-order chi connectivity index (χ1) is 9.89. The maximum absolute atomic E-state index is 12.5. The van der Waals surface area contributed by atoms with Gasteiger partial charge < -0.3 is 4.90 Å². The summed E-state index contributed by atoms with van der Waals surface area (Å²) < 4.78 is 47.9. The molecule has 0 aromatic heterocycles. The molecular formula is C14H16ClF2NO2S. The largest absolute Gasteiger partial charge is 0.365 e. The van der Waals surface area contributed by atoms with Crippen molar-refractivity contribution in [1.82, 2.24) is 0 Å². The van der Waals surface area contributed by atoms with Crippen LogP contribution in [0.1, 0.15) is 25.7 Å². The number of piperidine rings is 1. The lowest BCUT2D eigenvalue weighted by atomic mass is 10.0. The highest BCUT2D eigenvalue weighted by molar-refractivity contribution is 7.91. The van der Waals surface area contributed by atoms with Crippen molar-refractivity contribution in [3.63, 3.8) is 0 Å². The minimum Gasteiger partial charge on any atom is -0.365 e. The van der Waals surface area contributed by atoms with E-state index in [-0.39, 0.29) is 10.3 Å². The second kappa shape index (κ2) is 5.39. The third-order valence-corrected chi connectivity index (χ3v) is 6.13. The summed E-state index contributed by atoms with van der Waals surface area (Å²) >= 11 is 6.23. The number of nitrogens with zero attached hydrogens (tertiary/aromatic N) is 1. The molecule has 2 atom stereocenters. The highest BCUT2D eigenvalue weighted by atomic mass is 35.5.